The molecule has 0 amide bonds. The van der Waals surface area contributed by atoms with Crippen molar-refractivity contribution in [2.24, 2.45) is 11.8 Å². The summed E-state index contributed by atoms with van der Waals surface area (Å²) in [7, 11) is 4.57. The maximum absolute atomic E-state index is 5.77. The molecule has 1 aliphatic rings. The lowest BCUT2D eigenvalue weighted by Crippen LogP contribution is -2.60. The van der Waals surface area contributed by atoms with Crippen molar-refractivity contribution in [1.82, 2.24) is 0 Å². The highest BCUT2D eigenvalue weighted by Gasteiger charge is 2.55. The highest BCUT2D eigenvalue weighted by Crippen LogP contribution is 2.48. The van der Waals surface area contributed by atoms with Crippen LogP contribution in [0.5, 0.6) is 0 Å². The monoisotopic (exact) mass is 268 g/mol. The standard InChI is InChI=1S/C10H22O4P2/c1-3-11-10(12-4-2)5-8(6-13-15)9(10)7-14-16/h8-9H,3-7,15-16H2,1-2H3/t8-,9-/m1/s1. The summed E-state index contributed by atoms with van der Waals surface area (Å²) in [5.74, 6) is 0.218. The molecule has 0 aliphatic heterocycles. The molecule has 16 heavy (non-hydrogen) atoms. The van der Waals surface area contributed by atoms with Gasteiger partial charge >= 0.3 is 0 Å². The van der Waals surface area contributed by atoms with Gasteiger partial charge in [-0.25, -0.2) is 0 Å². The third-order valence-electron chi connectivity index (χ3n) is 3.04. The van der Waals surface area contributed by atoms with Gasteiger partial charge in [0.15, 0.2) is 5.79 Å². The van der Waals surface area contributed by atoms with Crippen LogP contribution in [0, 0.1) is 11.8 Å². The molecule has 0 N–H and O–H groups in total. The maximum Gasteiger partial charge on any atom is 0.173 e. The Morgan fingerprint density at radius 2 is 1.62 bits per heavy atom. The van der Waals surface area contributed by atoms with Crippen LogP contribution >= 0.6 is 18.9 Å². The number of rotatable bonds is 8. The van der Waals surface area contributed by atoms with Crippen LogP contribution in [0.1, 0.15) is 20.3 Å². The lowest BCUT2D eigenvalue weighted by Gasteiger charge is -2.53. The molecular weight excluding hydrogens is 246 g/mol. The molecule has 4 nitrogen and oxygen atoms in total. The van der Waals surface area contributed by atoms with Crippen molar-refractivity contribution < 1.29 is 18.5 Å². The van der Waals surface area contributed by atoms with E-state index in [0.717, 1.165) is 6.42 Å². The van der Waals surface area contributed by atoms with E-state index in [1.165, 1.54) is 0 Å². The van der Waals surface area contributed by atoms with E-state index < -0.39 is 5.79 Å². The van der Waals surface area contributed by atoms with Crippen molar-refractivity contribution in [1.29, 1.82) is 0 Å². The van der Waals surface area contributed by atoms with Crippen molar-refractivity contribution in [3.05, 3.63) is 0 Å². The molecule has 2 unspecified atom stereocenters. The second kappa shape index (κ2) is 7.20. The molecule has 0 bridgehead atoms. The fraction of sp³-hybridized carbons (Fsp3) is 1.00. The summed E-state index contributed by atoms with van der Waals surface area (Å²) >= 11 is 0. The van der Waals surface area contributed by atoms with Gasteiger partial charge in [-0.05, 0) is 19.8 Å². The highest BCUT2D eigenvalue weighted by molar-refractivity contribution is 7.10. The Hall–Kier alpha value is 0.700. The number of ether oxygens (including phenoxy) is 2. The van der Waals surface area contributed by atoms with Crippen molar-refractivity contribution in [2.45, 2.75) is 26.1 Å². The van der Waals surface area contributed by atoms with E-state index >= 15 is 0 Å². The Morgan fingerprint density at radius 1 is 1.06 bits per heavy atom. The average Bonchev–Trinajstić information content (AvgIpc) is 2.26. The van der Waals surface area contributed by atoms with Crippen LogP contribution < -0.4 is 0 Å². The van der Waals surface area contributed by atoms with E-state index in [2.05, 4.69) is 18.9 Å². The zero-order valence-electron chi connectivity index (χ0n) is 9.98. The minimum Gasteiger partial charge on any atom is -0.365 e. The first-order valence-electron chi connectivity index (χ1n) is 5.65. The molecule has 0 radical (unpaired) electrons. The molecule has 0 aromatic carbocycles. The van der Waals surface area contributed by atoms with Gasteiger partial charge in [0.05, 0.1) is 13.2 Å². The van der Waals surface area contributed by atoms with E-state index in [4.69, 9.17) is 18.5 Å². The average molecular weight is 268 g/mol. The van der Waals surface area contributed by atoms with Crippen LogP contribution in [-0.2, 0) is 18.5 Å². The van der Waals surface area contributed by atoms with E-state index in [1.807, 2.05) is 13.8 Å². The van der Waals surface area contributed by atoms with E-state index in [9.17, 15) is 0 Å². The van der Waals surface area contributed by atoms with Gasteiger partial charge in [0.1, 0.15) is 0 Å². The minimum absolute atomic E-state index is 0.241. The second-order valence-electron chi connectivity index (χ2n) is 3.92. The third kappa shape index (κ3) is 3.13. The summed E-state index contributed by atoms with van der Waals surface area (Å²) in [4.78, 5) is 0. The Bertz CT molecular complexity index is 197. The summed E-state index contributed by atoms with van der Waals surface area (Å²) in [5.41, 5.74) is 0. The van der Waals surface area contributed by atoms with Gasteiger partial charge in [-0.15, -0.1) is 0 Å². The molecule has 4 atom stereocenters. The molecule has 6 heteroatoms. The van der Waals surface area contributed by atoms with Gasteiger partial charge in [-0.3, -0.25) is 0 Å². The van der Waals surface area contributed by atoms with Gasteiger partial charge in [-0.1, -0.05) is 0 Å². The smallest absolute Gasteiger partial charge is 0.173 e. The van der Waals surface area contributed by atoms with Gasteiger partial charge in [0.25, 0.3) is 0 Å². The zero-order chi connectivity index (χ0) is 12.0. The van der Waals surface area contributed by atoms with Crippen molar-refractivity contribution in [3.8, 4) is 0 Å². The van der Waals surface area contributed by atoms with Crippen LogP contribution in [0.3, 0.4) is 0 Å². The van der Waals surface area contributed by atoms with Gasteiger partial charge < -0.3 is 18.5 Å². The van der Waals surface area contributed by atoms with Crippen molar-refractivity contribution in [2.75, 3.05) is 26.4 Å². The van der Waals surface area contributed by atoms with Crippen molar-refractivity contribution in [3.63, 3.8) is 0 Å². The summed E-state index contributed by atoms with van der Waals surface area (Å²) in [6.07, 6.45) is 0.877. The van der Waals surface area contributed by atoms with Crippen molar-refractivity contribution >= 4 is 18.9 Å². The van der Waals surface area contributed by atoms with E-state index in [0.29, 0.717) is 32.3 Å². The Kier molecular flexibility index (Phi) is 6.65. The zero-order valence-corrected chi connectivity index (χ0v) is 12.3. The van der Waals surface area contributed by atoms with Crippen LogP contribution in [0.15, 0.2) is 0 Å². The van der Waals surface area contributed by atoms with Gasteiger partial charge in [0.2, 0.25) is 0 Å². The molecule has 0 saturated heterocycles. The fourth-order valence-corrected chi connectivity index (χ4v) is 2.84. The molecule has 0 aromatic heterocycles. The highest BCUT2D eigenvalue weighted by atomic mass is 31.0. The first-order valence-corrected chi connectivity index (χ1v) is 6.59. The van der Waals surface area contributed by atoms with Crippen LogP contribution in [0.2, 0.25) is 0 Å². The Morgan fingerprint density at radius 3 is 2.06 bits per heavy atom. The van der Waals surface area contributed by atoms with E-state index in [1.54, 1.807) is 0 Å². The SMILES string of the molecule is CCOC1(OCC)C[C@H](COP)[C@H]1COP. The molecule has 1 aliphatic carbocycles. The largest absolute Gasteiger partial charge is 0.365 e. The van der Waals surface area contributed by atoms with Crippen LogP contribution in [-0.4, -0.2) is 32.2 Å². The molecule has 0 aromatic rings. The Balaban J connectivity index is 2.62. The fourth-order valence-electron chi connectivity index (χ4n) is 2.39. The number of hydrogen-bond acceptors (Lipinski definition) is 4. The normalized spacial score (nSPS) is 27.8. The van der Waals surface area contributed by atoms with Crippen LogP contribution in [0.4, 0.5) is 0 Å². The molecule has 1 saturated carbocycles. The van der Waals surface area contributed by atoms with E-state index in [-0.39, 0.29) is 5.92 Å². The lowest BCUT2D eigenvalue weighted by molar-refractivity contribution is -0.334. The third-order valence-corrected chi connectivity index (χ3v) is 3.43. The summed E-state index contributed by atoms with van der Waals surface area (Å²) in [5, 5.41) is 0. The minimum atomic E-state index is -0.464. The molecule has 96 valence electrons. The first kappa shape index (κ1) is 14.8. The molecule has 0 heterocycles. The summed E-state index contributed by atoms with van der Waals surface area (Å²) in [6, 6.07) is 0. The number of hydrogen-bond donors (Lipinski definition) is 0. The summed E-state index contributed by atoms with van der Waals surface area (Å²) < 4.78 is 21.8. The maximum atomic E-state index is 5.77. The first-order chi connectivity index (χ1) is 7.74. The predicted molar refractivity (Wildman–Crippen MR) is 68.9 cm³/mol. The predicted octanol–water partition coefficient (Wildman–Crippen LogP) is 2.01. The topological polar surface area (TPSA) is 36.9 Å². The molecule has 1 fully saturated rings. The lowest BCUT2D eigenvalue weighted by atomic mass is 9.68. The van der Waals surface area contributed by atoms with Gasteiger partial charge in [-0.2, -0.15) is 0 Å². The molecule has 0 spiro atoms. The summed E-state index contributed by atoms with van der Waals surface area (Å²) in [6.45, 7) is 6.59. The van der Waals surface area contributed by atoms with Crippen LogP contribution in [0.25, 0.3) is 0 Å². The quantitative estimate of drug-likeness (QED) is 0.498. The Labute approximate surface area is 102 Å². The molecular formula is C10H22O4P2. The molecule has 1 rings (SSSR count). The van der Waals surface area contributed by atoms with Gasteiger partial charge in [0, 0.05) is 44.5 Å². The second-order valence-corrected chi connectivity index (χ2v) is 4.58.